The number of carbonyl (C=O) groups is 1. The van der Waals surface area contributed by atoms with E-state index >= 15 is 0 Å². The summed E-state index contributed by atoms with van der Waals surface area (Å²) in [6.45, 7) is 0.664. The molecule has 1 aliphatic rings. The quantitative estimate of drug-likeness (QED) is 0.731. The van der Waals surface area contributed by atoms with Crippen molar-refractivity contribution in [2.75, 3.05) is 13.8 Å². The summed E-state index contributed by atoms with van der Waals surface area (Å²) in [5, 5.41) is 3.90. The lowest BCUT2D eigenvalue weighted by Crippen LogP contribution is -2.26. The van der Waals surface area contributed by atoms with Gasteiger partial charge in [0.05, 0.1) is 0 Å². The minimum absolute atomic E-state index is 0.205. The molecular weight excluding hydrogens is 320 g/mol. The SMILES string of the molecule is CN(Cc1ccc2c(c1)OCO2)C(=O)c1cc(-c2ccccc2)on1. The molecule has 0 atom stereocenters. The molecule has 4 rings (SSSR count). The summed E-state index contributed by atoms with van der Waals surface area (Å²) in [6, 6.07) is 16.9. The van der Waals surface area contributed by atoms with Gasteiger partial charge < -0.3 is 18.9 Å². The van der Waals surface area contributed by atoms with Gasteiger partial charge in [-0.15, -0.1) is 0 Å². The van der Waals surface area contributed by atoms with E-state index < -0.39 is 0 Å². The standard InChI is InChI=1S/C19H16N2O4/c1-21(11-13-7-8-16-18(9-13)24-12-23-16)19(22)15-10-17(25-20-15)14-5-3-2-4-6-14/h2-10H,11-12H2,1H3. The Morgan fingerprint density at radius 3 is 2.72 bits per heavy atom. The first-order valence-corrected chi connectivity index (χ1v) is 7.87. The van der Waals surface area contributed by atoms with E-state index in [0.29, 0.717) is 18.1 Å². The van der Waals surface area contributed by atoms with Crippen LogP contribution in [-0.4, -0.2) is 29.8 Å². The number of hydrogen-bond acceptors (Lipinski definition) is 5. The van der Waals surface area contributed by atoms with Crippen LogP contribution in [0.3, 0.4) is 0 Å². The molecule has 2 aromatic carbocycles. The summed E-state index contributed by atoms with van der Waals surface area (Å²) in [5.41, 5.74) is 2.11. The monoisotopic (exact) mass is 336 g/mol. The first-order valence-electron chi connectivity index (χ1n) is 7.87. The number of fused-ring (bicyclic) bond motifs is 1. The van der Waals surface area contributed by atoms with E-state index in [0.717, 1.165) is 16.9 Å². The minimum Gasteiger partial charge on any atom is -0.454 e. The maximum Gasteiger partial charge on any atom is 0.276 e. The van der Waals surface area contributed by atoms with E-state index in [1.807, 2.05) is 48.5 Å². The van der Waals surface area contributed by atoms with Gasteiger partial charge in [-0.2, -0.15) is 0 Å². The normalized spacial score (nSPS) is 12.2. The van der Waals surface area contributed by atoms with Crippen LogP contribution in [0.2, 0.25) is 0 Å². The highest BCUT2D eigenvalue weighted by Gasteiger charge is 2.19. The van der Waals surface area contributed by atoms with Crippen LogP contribution in [0, 0.1) is 0 Å². The fourth-order valence-corrected chi connectivity index (χ4v) is 2.69. The molecule has 0 spiro atoms. The molecule has 126 valence electrons. The average molecular weight is 336 g/mol. The molecular formula is C19H16N2O4. The van der Waals surface area contributed by atoms with E-state index in [-0.39, 0.29) is 18.4 Å². The second-order valence-corrected chi connectivity index (χ2v) is 5.79. The van der Waals surface area contributed by atoms with Gasteiger partial charge in [-0.1, -0.05) is 41.6 Å². The molecule has 0 aliphatic carbocycles. The number of ether oxygens (including phenoxy) is 2. The van der Waals surface area contributed by atoms with E-state index in [1.165, 1.54) is 0 Å². The van der Waals surface area contributed by atoms with Crippen LogP contribution in [0.4, 0.5) is 0 Å². The first-order chi connectivity index (χ1) is 12.2. The highest BCUT2D eigenvalue weighted by atomic mass is 16.7. The summed E-state index contributed by atoms with van der Waals surface area (Å²) in [7, 11) is 1.73. The Morgan fingerprint density at radius 2 is 1.88 bits per heavy atom. The Labute approximate surface area is 144 Å². The van der Waals surface area contributed by atoms with Crippen molar-refractivity contribution in [2.45, 2.75) is 6.54 Å². The molecule has 0 radical (unpaired) electrons. The summed E-state index contributed by atoms with van der Waals surface area (Å²) in [4.78, 5) is 14.2. The number of hydrogen-bond donors (Lipinski definition) is 0. The largest absolute Gasteiger partial charge is 0.454 e. The van der Waals surface area contributed by atoms with Crippen LogP contribution >= 0.6 is 0 Å². The third-order valence-corrected chi connectivity index (χ3v) is 3.99. The average Bonchev–Trinajstić information content (AvgIpc) is 3.31. The van der Waals surface area contributed by atoms with Gasteiger partial charge in [-0.25, -0.2) is 0 Å². The summed E-state index contributed by atoms with van der Waals surface area (Å²) in [5.74, 6) is 1.79. The second-order valence-electron chi connectivity index (χ2n) is 5.79. The molecule has 6 heteroatoms. The van der Waals surface area contributed by atoms with Gasteiger partial charge in [0.25, 0.3) is 5.91 Å². The smallest absolute Gasteiger partial charge is 0.276 e. The molecule has 0 N–H and O–H groups in total. The summed E-state index contributed by atoms with van der Waals surface area (Å²) >= 11 is 0. The van der Waals surface area contributed by atoms with Crippen LogP contribution in [0.25, 0.3) is 11.3 Å². The van der Waals surface area contributed by atoms with E-state index in [9.17, 15) is 4.79 Å². The van der Waals surface area contributed by atoms with Crippen LogP contribution in [0.1, 0.15) is 16.1 Å². The fourth-order valence-electron chi connectivity index (χ4n) is 2.69. The topological polar surface area (TPSA) is 64.8 Å². The number of amides is 1. The maximum atomic E-state index is 12.6. The van der Waals surface area contributed by atoms with Gasteiger partial charge in [0.1, 0.15) is 0 Å². The molecule has 1 aliphatic heterocycles. The van der Waals surface area contributed by atoms with E-state index in [1.54, 1.807) is 18.0 Å². The molecule has 0 saturated carbocycles. The Hall–Kier alpha value is -3.28. The molecule has 2 heterocycles. The molecule has 6 nitrogen and oxygen atoms in total. The Balaban J connectivity index is 1.48. The van der Waals surface area contributed by atoms with Gasteiger partial charge in [0.2, 0.25) is 6.79 Å². The third-order valence-electron chi connectivity index (χ3n) is 3.99. The van der Waals surface area contributed by atoms with Crippen LogP contribution < -0.4 is 9.47 Å². The lowest BCUT2D eigenvalue weighted by Gasteiger charge is -2.15. The van der Waals surface area contributed by atoms with Crippen LogP contribution in [0.15, 0.2) is 59.1 Å². The molecule has 25 heavy (non-hydrogen) atoms. The molecule has 3 aromatic rings. The van der Waals surface area contributed by atoms with Gasteiger partial charge in [-0.3, -0.25) is 4.79 Å². The number of rotatable bonds is 4. The van der Waals surface area contributed by atoms with Crippen LogP contribution in [-0.2, 0) is 6.54 Å². The number of benzene rings is 2. The minimum atomic E-state index is -0.205. The molecule has 1 aromatic heterocycles. The number of carbonyl (C=O) groups excluding carboxylic acids is 1. The molecule has 1 amide bonds. The van der Waals surface area contributed by atoms with Crippen LogP contribution in [0.5, 0.6) is 11.5 Å². The summed E-state index contributed by atoms with van der Waals surface area (Å²) in [6.07, 6.45) is 0. The Kier molecular flexibility index (Phi) is 3.85. The van der Waals surface area contributed by atoms with E-state index in [2.05, 4.69) is 5.16 Å². The predicted molar refractivity (Wildman–Crippen MR) is 90.3 cm³/mol. The van der Waals surface area contributed by atoms with Crippen molar-refractivity contribution in [2.24, 2.45) is 0 Å². The third kappa shape index (κ3) is 3.06. The number of aromatic nitrogens is 1. The van der Waals surface area contributed by atoms with E-state index in [4.69, 9.17) is 14.0 Å². The summed E-state index contributed by atoms with van der Waals surface area (Å²) < 4.78 is 16.0. The maximum absolute atomic E-state index is 12.6. The van der Waals surface area contributed by atoms with Gasteiger partial charge in [0, 0.05) is 25.2 Å². The molecule has 0 saturated heterocycles. The van der Waals surface area contributed by atoms with Crippen molar-refractivity contribution in [3.63, 3.8) is 0 Å². The zero-order chi connectivity index (χ0) is 17.2. The molecule has 0 fully saturated rings. The highest BCUT2D eigenvalue weighted by Crippen LogP contribution is 2.32. The highest BCUT2D eigenvalue weighted by molar-refractivity contribution is 5.92. The van der Waals surface area contributed by atoms with Gasteiger partial charge >= 0.3 is 0 Å². The van der Waals surface area contributed by atoms with Gasteiger partial charge in [0.15, 0.2) is 23.0 Å². The zero-order valence-electron chi connectivity index (χ0n) is 13.6. The second kappa shape index (κ2) is 6.32. The lowest BCUT2D eigenvalue weighted by molar-refractivity contribution is 0.0774. The number of nitrogens with zero attached hydrogens (tertiary/aromatic N) is 2. The Bertz CT molecular complexity index is 905. The Morgan fingerprint density at radius 1 is 1.08 bits per heavy atom. The fraction of sp³-hybridized carbons (Fsp3) is 0.158. The predicted octanol–water partition coefficient (Wildman–Crippen LogP) is 3.34. The molecule has 0 bridgehead atoms. The van der Waals surface area contributed by atoms with Crippen molar-refractivity contribution >= 4 is 5.91 Å². The zero-order valence-corrected chi connectivity index (χ0v) is 13.6. The van der Waals surface area contributed by atoms with Crippen molar-refractivity contribution in [1.29, 1.82) is 0 Å². The van der Waals surface area contributed by atoms with Crippen molar-refractivity contribution in [3.8, 4) is 22.8 Å². The van der Waals surface area contributed by atoms with Crippen molar-refractivity contribution in [3.05, 3.63) is 65.9 Å². The molecule has 0 unspecified atom stereocenters. The van der Waals surface area contributed by atoms with Crippen molar-refractivity contribution in [1.82, 2.24) is 10.1 Å². The first kappa shape index (κ1) is 15.3. The van der Waals surface area contributed by atoms with Gasteiger partial charge in [-0.05, 0) is 17.7 Å². The lowest BCUT2D eigenvalue weighted by atomic mass is 10.1. The van der Waals surface area contributed by atoms with Crippen molar-refractivity contribution < 1.29 is 18.8 Å².